The highest BCUT2D eigenvalue weighted by atomic mass is 14.8. The average molecular weight is 277 g/mol. The number of allylic oxidation sites excluding steroid dienone is 3. The number of hydrogen-bond donors (Lipinski definition) is 0. The third kappa shape index (κ3) is 5.64. The third-order valence-electron chi connectivity index (χ3n) is 3.34. The summed E-state index contributed by atoms with van der Waals surface area (Å²) in [6.45, 7) is 22.0. The standard InChI is InChI=1S/C17H29N.C2H6/c1-12(2)14-9-16(5,6)11-18-17(7,8)10-15(14)13(3)4;1-2/h9-13H,1-8H3;1-2H3/b14-9-,15-10-,18-11?;. The van der Waals surface area contributed by atoms with Gasteiger partial charge in [0, 0.05) is 11.6 Å². The van der Waals surface area contributed by atoms with Gasteiger partial charge in [0.05, 0.1) is 5.54 Å². The second kappa shape index (κ2) is 7.24. The van der Waals surface area contributed by atoms with Crippen LogP contribution in [0.1, 0.15) is 69.2 Å². The Morgan fingerprint density at radius 2 is 1.20 bits per heavy atom. The molecule has 0 saturated carbocycles. The first-order chi connectivity index (χ1) is 9.04. The first-order valence-corrected chi connectivity index (χ1v) is 8.06. The average Bonchev–Trinajstić information content (AvgIpc) is 2.32. The molecule has 1 aliphatic heterocycles. The van der Waals surface area contributed by atoms with Gasteiger partial charge in [-0.05, 0) is 36.8 Å². The lowest BCUT2D eigenvalue weighted by Gasteiger charge is -2.30. The highest BCUT2D eigenvalue weighted by Crippen LogP contribution is 2.34. The van der Waals surface area contributed by atoms with Crippen molar-refractivity contribution in [3.63, 3.8) is 0 Å². The predicted octanol–water partition coefficient (Wildman–Crippen LogP) is 6.07. The summed E-state index contributed by atoms with van der Waals surface area (Å²) in [6.07, 6.45) is 6.83. The quantitative estimate of drug-likeness (QED) is 0.581. The summed E-state index contributed by atoms with van der Waals surface area (Å²) >= 11 is 0. The molecule has 0 unspecified atom stereocenters. The van der Waals surface area contributed by atoms with Gasteiger partial charge in [-0.3, -0.25) is 4.99 Å². The number of hydrogen-bond acceptors (Lipinski definition) is 1. The van der Waals surface area contributed by atoms with Gasteiger partial charge in [-0.25, -0.2) is 0 Å². The van der Waals surface area contributed by atoms with Gasteiger partial charge in [-0.15, -0.1) is 0 Å². The molecule has 0 bridgehead atoms. The third-order valence-corrected chi connectivity index (χ3v) is 3.34. The van der Waals surface area contributed by atoms with Crippen LogP contribution in [0.2, 0.25) is 0 Å². The minimum atomic E-state index is -0.106. The number of aliphatic imine (C=N–C) groups is 1. The van der Waals surface area contributed by atoms with E-state index in [0.717, 1.165) is 0 Å². The van der Waals surface area contributed by atoms with Crippen molar-refractivity contribution in [1.82, 2.24) is 0 Å². The molecule has 0 radical (unpaired) electrons. The molecule has 20 heavy (non-hydrogen) atoms. The van der Waals surface area contributed by atoms with E-state index in [9.17, 15) is 0 Å². The van der Waals surface area contributed by atoms with Crippen LogP contribution in [0.5, 0.6) is 0 Å². The van der Waals surface area contributed by atoms with Gasteiger partial charge in [0.1, 0.15) is 0 Å². The van der Waals surface area contributed by atoms with Gasteiger partial charge in [0.25, 0.3) is 0 Å². The zero-order valence-electron chi connectivity index (χ0n) is 15.3. The van der Waals surface area contributed by atoms with E-state index in [1.54, 1.807) is 0 Å². The van der Waals surface area contributed by atoms with Gasteiger partial charge in [-0.2, -0.15) is 0 Å². The molecular weight excluding hydrogens is 242 g/mol. The molecule has 0 aromatic carbocycles. The first-order valence-electron chi connectivity index (χ1n) is 8.06. The Balaban J connectivity index is 0.00000172. The lowest BCUT2D eigenvalue weighted by Crippen LogP contribution is -2.24. The lowest BCUT2D eigenvalue weighted by molar-refractivity contribution is 0.585. The zero-order chi connectivity index (χ0) is 16.1. The Bertz CT molecular complexity index is 352. The van der Waals surface area contributed by atoms with E-state index in [1.807, 2.05) is 13.8 Å². The lowest BCUT2D eigenvalue weighted by atomic mass is 9.79. The summed E-state index contributed by atoms with van der Waals surface area (Å²) in [7, 11) is 0. The smallest absolute Gasteiger partial charge is 0.0733 e. The summed E-state index contributed by atoms with van der Waals surface area (Å²) in [5, 5.41) is 0. The molecule has 116 valence electrons. The highest BCUT2D eigenvalue weighted by Gasteiger charge is 2.25. The van der Waals surface area contributed by atoms with Crippen LogP contribution in [0.25, 0.3) is 0 Å². The molecule has 0 atom stereocenters. The summed E-state index contributed by atoms with van der Waals surface area (Å²) < 4.78 is 0. The van der Waals surface area contributed by atoms with Crippen LogP contribution < -0.4 is 0 Å². The van der Waals surface area contributed by atoms with Crippen molar-refractivity contribution >= 4 is 6.21 Å². The fourth-order valence-corrected chi connectivity index (χ4v) is 2.36. The van der Waals surface area contributed by atoms with Crippen LogP contribution in [-0.2, 0) is 0 Å². The Hall–Kier alpha value is -0.850. The van der Waals surface area contributed by atoms with E-state index in [4.69, 9.17) is 4.99 Å². The normalized spacial score (nSPS) is 25.8. The highest BCUT2D eigenvalue weighted by molar-refractivity contribution is 5.69. The van der Waals surface area contributed by atoms with Crippen LogP contribution in [0.3, 0.4) is 0 Å². The van der Waals surface area contributed by atoms with Crippen molar-refractivity contribution < 1.29 is 0 Å². The van der Waals surface area contributed by atoms with Gasteiger partial charge in [0.2, 0.25) is 0 Å². The van der Waals surface area contributed by atoms with Gasteiger partial charge in [0.15, 0.2) is 0 Å². The van der Waals surface area contributed by atoms with Crippen LogP contribution >= 0.6 is 0 Å². The molecule has 0 amide bonds. The molecule has 0 aromatic rings. The maximum Gasteiger partial charge on any atom is 0.0733 e. The Morgan fingerprint density at radius 1 is 0.800 bits per heavy atom. The van der Waals surface area contributed by atoms with E-state index < -0.39 is 0 Å². The maximum atomic E-state index is 4.75. The van der Waals surface area contributed by atoms with E-state index in [1.165, 1.54) is 11.1 Å². The molecule has 0 N–H and O–H groups in total. The molecule has 1 nitrogen and oxygen atoms in total. The fraction of sp³-hybridized carbons (Fsp3) is 0.737. The molecule has 1 heterocycles. The molecule has 1 heteroatoms. The van der Waals surface area contributed by atoms with Crippen molar-refractivity contribution in [3.05, 3.63) is 23.3 Å². The van der Waals surface area contributed by atoms with Crippen molar-refractivity contribution in [2.24, 2.45) is 22.2 Å². The summed E-state index contributed by atoms with van der Waals surface area (Å²) in [4.78, 5) is 4.75. The van der Waals surface area contributed by atoms with E-state index in [2.05, 4.69) is 73.8 Å². The second-order valence-electron chi connectivity index (χ2n) is 7.24. The van der Waals surface area contributed by atoms with Gasteiger partial charge < -0.3 is 0 Å². The Kier molecular flexibility index (Phi) is 6.93. The van der Waals surface area contributed by atoms with E-state index >= 15 is 0 Å². The molecule has 0 aliphatic carbocycles. The number of nitrogens with zero attached hydrogens (tertiary/aromatic N) is 1. The zero-order valence-corrected chi connectivity index (χ0v) is 15.3. The van der Waals surface area contributed by atoms with Crippen LogP contribution in [0, 0.1) is 17.3 Å². The largest absolute Gasteiger partial charge is 0.286 e. The van der Waals surface area contributed by atoms with Gasteiger partial charge >= 0.3 is 0 Å². The van der Waals surface area contributed by atoms with Crippen LogP contribution in [0.15, 0.2) is 28.3 Å². The SMILES string of the molecule is CC.CC(C)C1=C/C(C)(C)C=NC(C)(C)/C=C\1C(C)C. The molecule has 0 spiro atoms. The minimum absolute atomic E-state index is 0.0330. The molecular formula is C19H35N. The summed E-state index contributed by atoms with van der Waals surface area (Å²) in [6, 6.07) is 0. The van der Waals surface area contributed by atoms with Crippen molar-refractivity contribution in [1.29, 1.82) is 0 Å². The molecule has 1 rings (SSSR count). The Morgan fingerprint density at radius 3 is 1.60 bits per heavy atom. The van der Waals surface area contributed by atoms with Crippen LogP contribution in [0.4, 0.5) is 0 Å². The van der Waals surface area contributed by atoms with Crippen molar-refractivity contribution in [2.45, 2.75) is 74.8 Å². The monoisotopic (exact) mass is 277 g/mol. The van der Waals surface area contributed by atoms with Crippen molar-refractivity contribution in [3.8, 4) is 0 Å². The maximum absolute atomic E-state index is 4.75. The van der Waals surface area contributed by atoms with Crippen LogP contribution in [-0.4, -0.2) is 11.8 Å². The molecule has 1 aliphatic rings. The second-order valence-corrected chi connectivity index (χ2v) is 7.24. The predicted molar refractivity (Wildman–Crippen MR) is 93.5 cm³/mol. The molecule has 0 fully saturated rings. The topological polar surface area (TPSA) is 12.4 Å². The summed E-state index contributed by atoms with van der Waals surface area (Å²) in [5.41, 5.74) is 2.87. The fourth-order valence-electron chi connectivity index (χ4n) is 2.36. The first kappa shape index (κ1) is 19.1. The molecule has 0 aromatic heterocycles. The number of rotatable bonds is 2. The van der Waals surface area contributed by atoms with E-state index in [0.29, 0.717) is 11.8 Å². The summed E-state index contributed by atoms with van der Waals surface area (Å²) in [5.74, 6) is 1.10. The minimum Gasteiger partial charge on any atom is -0.286 e. The molecule has 0 saturated heterocycles. The van der Waals surface area contributed by atoms with Crippen molar-refractivity contribution in [2.75, 3.05) is 0 Å². The van der Waals surface area contributed by atoms with E-state index in [-0.39, 0.29) is 11.0 Å². The van der Waals surface area contributed by atoms with Gasteiger partial charge in [-0.1, -0.05) is 67.5 Å². The Labute approximate surface area is 127 Å².